The Bertz CT molecular complexity index is 1160. The van der Waals surface area contributed by atoms with Crippen molar-refractivity contribution in [1.82, 2.24) is 15.0 Å². The van der Waals surface area contributed by atoms with Gasteiger partial charge in [-0.15, -0.1) is 0 Å². The molecular formula is C22H22N6O2S. The minimum Gasteiger partial charge on any atom is -0.324 e. The maximum atomic E-state index is 12.8. The zero-order chi connectivity index (χ0) is 21.9. The highest BCUT2D eigenvalue weighted by atomic mass is 32.2. The summed E-state index contributed by atoms with van der Waals surface area (Å²) >= 11 is 0. The number of hydrogen-bond acceptors (Lipinski definition) is 5. The van der Waals surface area contributed by atoms with Gasteiger partial charge in [0.1, 0.15) is 0 Å². The second kappa shape index (κ2) is 10.9. The third kappa shape index (κ3) is 6.37. The lowest BCUT2D eigenvalue weighted by atomic mass is 10.1. The van der Waals surface area contributed by atoms with Crippen LogP contribution in [0.5, 0.6) is 0 Å². The standard InChI is InChI=1S/C22H22N6O2S/c23-17-26-22(28-19-10-6-13-24-16-19)25-14-7-15-27-31(29,30)21-12-5-4-11-20(21)18-8-2-1-3-9-18/h1-6,8-13,16,27H,7,14-15H2,(H2,25,26,28). The van der Waals surface area contributed by atoms with Crippen molar-refractivity contribution in [3.05, 3.63) is 79.1 Å². The Labute approximate surface area is 181 Å². The summed E-state index contributed by atoms with van der Waals surface area (Å²) in [6.07, 6.45) is 5.52. The molecule has 0 unspecified atom stereocenters. The molecule has 0 aliphatic heterocycles. The lowest BCUT2D eigenvalue weighted by molar-refractivity contribution is 0.580. The molecule has 0 saturated carbocycles. The van der Waals surface area contributed by atoms with Crippen molar-refractivity contribution in [3.63, 3.8) is 0 Å². The maximum Gasteiger partial charge on any atom is 0.241 e. The number of rotatable bonds is 8. The second-order valence-corrected chi connectivity index (χ2v) is 8.18. The normalized spacial score (nSPS) is 11.5. The molecule has 8 nitrogen and oxygen atoms in total. The zero-order valence-corrected chi connectivity index (χ0v) is 17.5. The summed E-state index contributed by atoms with van der Waals surface area (Å²) in [6.45, 7) is 0.530. The quantitative estimate of drug-likeness (QED) is 0.165. The molecule has 0 saturated heterocycles. The predicted molar refractivity (Wildman–Crippen MR) is 121 cm³/mol. The van der Waals surface area contributed by atoms with Crippen LogP contribution in [0.2, 0.25) is 0 Å². The number of nitrogens with zero attached hydrogens (tertiary/aromatic N) is 3. The minimum absolute atomic E-state index is 0.210. The Morgan fingerprint density at radius 1 is 1.03 bits per heavy atom. The molecule has 31 heavy (non-hydrogen) atoms. The van der Waals surface area contributed by atoms with Crippen LogP contribution in [0.25, 0.3) is 11.1 Å². The number of benzene rings is 2. The van der Waals surface area contributed by atoms with Crippen LogP contribution in [0.1, 0.15) is 6.42 Å². The van der Waals surface area contributed by atoms with E-state index >= 15 is 0 Å². The summed E-state index contributed by atoms with van der Waals surface area (Å²) in [5.74, 6) is 0.271. The molecule has 3 aromatic rings. The fourth-order valence-corrected chi connectivity index (χ4v) is 4.15. The van der Waals surface area contributed by atoms with Crippen molar-refractivity contribution >= 4 is 21.7 Å². The number of sulfonamides is 1. The van der Waals surface area contributed by atoms with Crippen molar-refractivity contribution < 1.29 is 8.42 Å². The number of anilines is 1. The van der Waals surface area contributed by atoms with E-state index in [0.717, 1.165) is 5.56 Å². The lowest BCUT2D eigenvalue weighted by Gasteiger charge is -2.12. The summed E-state index contributed by atoms with van der Waals surface area (Å²) in [7, 11) is -3.69. The molecule has 0 aliphatic rings. The molecule has 2 aromatic carbocycles. The summed E-state index contributed by atoms with van der Waals surface area (Å²) in [4.78, 5) is 8.49. The highest BCUT2D eigenvalue weighted by Gasteiger charge is 2.18. The van der Waals surface area contributed by atoms with Gasteiger partial charge in [-0.25, -0.2) is 13.1 Å². The van der Waals surface area contributed by atoms with Crippen LogP contribution in [0, 0.1) is 11.5 Å². The Morgan fingerprint density at radius 3 is 2.55 bits per heavy atom. The summed E-state index contributed by atoms with van der Waals surface area (Å²) < 4.78 is 28.3. The number of nitrogens with one attached hydrogen (secondary N) is 3. The Kier molecular flexibility index (Phi) is 7.70. The molecule has 0 spiro atoms. The van der Waals surface area contributed by atoms with Crippen molar-refractivity contribution in [3.8, 4) is 17.3 Å². The fourth-order valence-electron chi connectivity index (χ4n) is 2.85. The number of hydrogen-bond donors (Lipinski definition) is 3. The van der Waals surface area contributed by atoms with Gasteiger partial charge >= 0.3 is 0 Å². The van der Waals surface area contributed by atoms with E-state index in [2.05, 4.69) is 25.3 Å². The van der Waals surface area contributed by atoms with Gasteiger partial charge in [0.2, 0.25) is 16.0 Å². The molecule has 1 heterocycles. The fraction of sp³-hybridized carbons (Fsp3) is 0.136. The molecule has 0 radical (unpaired) electrons. The first kappa shape index (κ1) is 22.0. The molecule has 1 aromatic heterocycles. The molecule has 9 heteroatoms. The summed E-state index contributed by atoms with van der Waals surface area (Å²) in [5.41, 5.74) is 2.17. The average Bonchev–Trinajstić information content (AvgIpc) is 2.80. The molecular weight excluding hydrogens is 412 g/mol. The van der Waals surface area contributed by atoms with Crippen molar-refractivity contribution in [1.29, 1.82) is 5.26 Å². The zero-order valence-electron chi connectivity index (χ0n) is 16.7. The summed E-state index contributed by atoms with van der Waals surface area (Å²) in [5, 5.41) is 14.3. The highest BCUT2D eigenvalue weighted by Crippen LogP contribution is 2.26. The van der Waals surface area contributed by atoms with Gasteiger partial charge in [0, 0.05) is 24.8 Å². The molecule has 158 valence electrons. The van der Waals surface area contributed by atoms with Crippen molar-refractivity contribution in [2.45, 2.75) is 11.3 Å². The van der Waals surface area contributed by atoms with E-state index in [1.165, 1.54) is 0 Å². The number of aromatic nitrogens is 1. The second-order valence-electron chi connectivity index (χ2n) is 6.45. The third-order valence-electron chi connectivity index (χ3n) is 4.26. The van der Waals surface area contributed by atoms with Crippen LogP contribution in [-0.2, 0) is 10.0 Å². The Hall–Kier alpha value is -3.74. The number of pyridine rings is 1. The van der Waals surface area contributed by atoms with E-state index in [-0.39, 0.29) is 17.4 Å². The van der Waals surface area contributed by atoms with Gasteiger partial charge < -0.3 is 5.32 Å². The van der Waals surface area contributed by atoms with E-state index in [4.69, 9.17) is 5.26 Å². The van der Waals surface area contributed by atoms with Crippen LogP contribution in [0.15, 0.2) is 89.0 Å². The van der Waals surface area contributed by atoms with Crippen LogP contribution in [0.3, 0.4) is 0 Å². The van der Waals surface area contributed by atoms with Gasteiger partial charge in [0.25, 0.3) is 0 Å². The first-order valence-corrected chi connectivity index (χ1v) is 11.1. The number of nitriles is 1. The van der Waals surface area contributed by atoms with Gasteiger partial charge in [0.15, 0.2) is 6.19 Å². The Balaban J connectivity index is 1.60. The third-order valence-corrected chi connectivity index (χ3v) is 5.78. The molecule has 3 rings (SSSR count). The number of aliphatic imine (C=N–C) groups is 1. The monoisotopic (exact) mass is 434 g/mol. The van der Waals surface area contributed by atoms with Gasteiger partial charge in [-0.3, -0.25) is 15.3 Å². The van der Waals surface area contributed by atoms with Gasteiger partial charge in [-0.2, -0.15) is 5.26 Å². The number of guanidine groups is 1. The van der Waals surface area contributed by atoms with Gasteiger partial charge in [-0.05, 0) is 30.2 Å². The molecule has 0 atom stereocenters. The minimum atomic E-state index is -3.69. The lowest BCUT2D eigenvalue weighted by Crippen LogP contribution is -2.28. The van der Waals surface area contributed by atoms with Crippen LogP contribution in [0.4, 0.5) is 5.69 Å². The van der Waals surface area contributed by atoms with Crippen molar-refractivity contribution in [2.75, 3.05) is 18.4 Å². The largest absolute Gasteiger partial charge is 0.324 e. The molecule has 0 aliphatic carbocycles. The van der Waals surface area contributed by atoms with Crippen molar-refractivity contribution in [2.24, 2.45) is 4.99 Å². The van der Waals surface area contributed by atoms with E-state index < -0.39 is 10.0 Å². The van der Waals surface area contributed by atoms with E-state index in [0.29, 0.717) is 24.2 Å². The molecule has 0 amide bonds. The van der Waals surface area contributed by atoms with E-state index in [9.17, 15) is 8.42 Å². The SMILES string of the molecule is N#CN/C(=N\CCCNS(=O)(=O)c1ccccc1-c1ccccc1)Nc1cccnc1. The highest BCUT2D eigenvalue weighted by molar-refractivity contribution is 7.89. The molecule has 0 bridgehead atoms. The predicted octanol–water partition coefficient (Wildman–Crippen LogP) is 2.96. The van der Waals surface area contributed by atoms with Crippen LogP contribution < -0.4 is 15.4 Å². The first-order valence-electron chi connectivity index (χ1n) is 9.61. The van der Waals surface area contributed by atoms with Gasteiger partial charge in [0.05, 0.1) is 16.8 Å². The molecule has 3 N–H and O–H groups in total. The summed E-state index contributed by atoms with van der Waals surface area (Å²) in [6, 6.07) is 19.8. The molecule has 0 fully saturated rings. The van der Waals surface area contributed by atoms with Crippen LogP contribution in [-0.4, -0.2) is 32.5 Å². The first-order chi connectivity index (χ1) is 15.1. The van der Waals surface area contributed by atoms with E-state index in [1.54, 1.807) is 42.7 Å². The average molecular weight is 435 g/mol. The topological polar surface area (TPSA) is 119 Å². The maximum absolute atomic E-state index is 12.8. The smallest absolute Gasteiger partial charge is 0.241 e. The Morgan fingerprint density at radius 2 is 1.81 bits per heavy atom. The van der Waals surface area contributed by atoms with Crippen LogP contribution >= 0.6 is 0 Å². The van der Waals surface area contributed by atoms with Gasteiger partial charge in [-0.1, -0.05) is 48.5 Å². The van der Waals surface area contributed by atoms with E-state index in [1.807, 2.05) is 42.6 Å².